The predicted molar refractivity (Wildman–Crippen MR) is 122 cm³/mol. The highest BCUT2D eigenvalue weighted by Crippen LogP contribution is 2.38. The van der Waals surface area contributed by atoms with Crippen LogP contribution in [0, 0.1) is 6.92 Å². The normalized spacial score (nSPS) is 19.2. The van der Waals surface area contributed by atoms with E-state index in [0.29, 0.717) is 29.4 Å². The van der Waals surface area contributed by atoms with Gasteiger partial charge >= 0.3 is 0 Å². The third-order valence-corrected chi connectivity index (χ3v) is 8.16. The molecule has 164 valence electrons. The summed E-state index contributed by atoms with van der Waals surface area (Å²) < 4.78 is 28.3. The molecule has 0 unspecified atom stereocenters. The molecule has 0 spiro atoms. The molecule has 2 N–H and O–H groups in total. The molecule has 2 aliphatic heterocycles. The number of hydrogen-bond acceptors (Lipinski definition) is 5. The van der Waals surface area contributed by atoms with E-state index in [1.54, 1.807) is 23.1 Å². The van der Waals surface area contributed by atoms with Gasteiger partial charge in [0.05, 0.1) is 16.3 Å². The van der Waals surface area contributed by atoms with Gasteiger partial charge in [0.2, 0.25) is 11.8 Å². The Morgan fingerprint density at radius 2 is 1.81 bits per heavy atom. The van der Waals surface area contributed by atoms with Gasteiger partial charge < -0.3 is 10.2 Å². The second kappa shape index (κ2) is 8.92. The number of anilines is 2. The molecule has 7 nitrogen and oxygen atoms in total. The van der Waals surface area contributed by atoms with E-state index in [-0.39, 0.29) is 10.8 Å². The molecule has 31 heavy (non-hydrogen) atoms. The van der Waals surface area contributed by atoms with E-state index in [1.165, 1.54) is 23.9 Å². The molecule has 9 heteroatoms. The number of para-hydroxylation sites is 1. The van der Waals surface area contributed by atoms with Crippen molar-refractivity contribution in [3.8, 4) is 0 Å². The van der Waals surface area contributed by atoms with Crippen LogP contribution in [-0.4, -0.2) is 43.5 Å². The van der Waals surface area contributed by atoms with Crippen molar-refractivity contribution in [1.29, 1.82) is 0 Å². The zero-order valence-electron chi connectivity index (χ0n) is 17.3. The molecule has 0 aromatic heterocycles. The Labute approximate surface area is 186 Å². The SMILES string of the molecule is Cc1ccccc1NS(=O)(=O)c1ccc2c(c1)NC(=O)[C@H](C(=O)N1CCCCCC1)S2. The third-order valence-electron chi connectivity index (χ3n) is 5.53. The van der Waals surface area contributed by atoms with Crippen LogP contribution in [0.25, 0.3) is 0 Å². The monoisotopic (exact) mass is 459 g/mol. The van der Waals surface area contributed by atoms with Crippen LogP contribution in [0.15, 0.2) is 52.3 Å². The summed E-state index contributed by atoms with van der Waals surface area (Å²) in [6, 6.07) is 11.7. The van der Waals surface area contributed by atoms with Gasteiger partial charge in [-0.3, -0.25) is 14.3 Å². The largest absolute Gasteiger partial charge is 0.341 e. The number of sulfonamides is 1. The summed E-state index contributed by atoms with van der Waals surface area (Å²) in [5, 5.41) is 1.88. The number of hydrogen-bond donors (Lipinski definition) is 2. The molecule has 2 aromatic carbocycles. The Balaban J connectivity index is 1.54. The maximum Gasteiger partial charge on any atom is 0.261 e. The summed E-state index contributed by atoms with van der Waals surface area (Å²) in [6.07, 6.45) is 4.11. The second-order valence-corrected chi connectivity index (χ2v) is 10.6. The van der Waals surface area contributed by atoms with E-state index >= 15 is 0 Å². The highest BCUT2D eigenvalue weighted by Gasteiger charge is 2.36. The number of fused-ring (bicyclic) bond motifs is 1. The number of amides is 2. The summed E-state index contributed by atoms with van der Waals surface area (Å²) in [7, 11) is -3.82. The lowest BCUT2D eigenvalue weighted by Crippen LogP contribution is -2.45. The van der Waals surface area contributed by atoms with Crippen molar-refractivity contribution in [2.45, 2.75) is 47.6 Å². The first-order valence-electron chi connectivity index (χ1n) is 10.3. The van der Waals surface area contributed by atoms with Gasteiger partial charge in [-0.25, -0.2) is 8.42 Å². The van der Waals surface area contributed by atoms with Gasteiger partial charge in [-0.05, 0) is 49.6 Å². The summed E-state index contributed by atoms with van der Waals surface area (Å²) >= 11 is 1.18. The molecular formula is C22H25N3O4S2. The van der Waals surface area contributed by atoms with E-state index < -0.39 is 21.2 Å². The number of likely N-dealkylation sites (tertiary alicyclic amines) is 1. The zero-order valence-corrected chi connectivity index (χ0v) is 18.9. The molecule has 0 bridgehead atoms. The summed E-state index contributed by atoms with van der Waals surface area (Å²) in [6.45, 7) is 3.18. The lowest BCUT2D eigenvalue weighted by Gasteiger charge is -2.28. The van der Waals surface area contributed by atoms with Crippen LogP contribution in [0.2, 0.25) is 0 Å². The minimum absolute atomic E-state index is 0.0488. The van der Waals surface area contributed by atoms with Gasteiger partial charge in [0, 0.05) is 18.0 Å². The lowest BCUT2D eigenvalue weighted by molar-refractivity contribution is -0.133. The van der Waals surface area contributed by atoms with E-state index in [4.69, 9.17) is 0 Å². The number of aryl methyl sites for hydroxylation is 1. The number of benzene rings is 2. The van der Waals surface area contributed by atoms with Crippen LogP contribution in [0.3, 0.4) is 0 Å². The first-order chi connectivity index (χ1) is 14.8. The molecule has 0 radical (unpaired) electrons. The number of thioether (sulfide) groups is 1. The van der Waals surface area contributed by atoms with Crippen molar-refractivity contribution in [2.75, 3.05) is 23.1 Å². The van der Waals surface area contributed by atoms with E-state index in [2.05, 4.69) is 10.0 Å². The fourth-order valence-corrected chi connectivity index (χ4v) is 5.98. The van der Waals surface area contributed by atoms with Crippen LogP contribution in [-0.2, 0) is 19.6 Å². The van der Waals surface area contributed by atoms with E-state index in [0.717, 1.165) is 31.2 Å². The topological polar surface area (TPSA) is 95.6 Å². The molecule has 1 saturated heterocycles. The first kappa shape index (κ1) is 21.7. The van der Waals surface area contributed by atoms with Crippen molar-refractivity contribution in [2.24, 2.45) is 0 Å². The molecule has 0 saturated carbocycles. The quantitative estimate of drug-likeness (QED) is 0.681. The van der Waals surface area contributed by atoms with Crippen LogP contribution < -0.4 is 10.0 Å². The maximum absolute atomic E-state index is 12.9. The Hall–Kier alpha value is -2.52. The molecule has 2 aliphatic rings. The number of rotatable bonds is 4. The number of carbonyl (C=O) groups is 2. The average molecular weight is 460 g/mol. The van der Waals surface area contributed by atoms with E-state index in [9.17, 15) is 18.0 Å². The molecule has 1 atom stereocenters. The number of carbonyl (C=O) groups excluding carboxylic acids is 2. The summed E-state index contributed by atoms with van der Waals surface area (Å²) in [4.78, 5) is 28.1. The molecule has 2 amide bonds. The molecule has 0 aliphatic carbocycles. The van der Waals surface area contributed by atoms with Crippen LogP contribution >= 0.6 is 11.8 Å². The van der Waals surface area contributed by atoms with Gasteiger partial charge in [-0.15, -0.1) is 11.8 Å². The standard InChI is InChI=1S/C22H25N3O4S2/c1-15-8-4-5-9-17(15)24-31(28,29)16-10-11-19-18(14-16)23-21(26)20(30-19)22(27)25-12-6-2-3-7-13-25/h4-5,8-11,14,20,24H,2-3,6-7,12-13H2,1H3,(H,23,26)/t20-/m1/s1. The minimum Gasteiger partial charge on any atom is -0.341 e. The minimum atomic E-state index is -3.82. The molecule has 2 heterocycles. The smallest absolute Gasteiger partial charge is 0.261 e. The van der Waals surface area contributed by atoms with Gasteiger partial charge in [0.1, 0.15) is 0 Å². The van der Waals surface area contributed by atoms with Gasteiger partial charge in [-0.2, -0.15) is 0 Å². The predicted octanol–water partition coefficient (Wildman–Crippen LogP) is 3.61. The molecule has 2 aromatic rings. The Kier molecular flexibility index (Phi) is 6.24. The zero-order chi connectivity index (χ0) is 22.0. The second-order valence-electron chi connectivity index (χ2n) is 7.81. The Morgan fingerprint density at radius 1 is 1.10 bits per heavy atom. The first-order valence-corrected chi connectivity index (χ1v) is 12.7. The highest BCUT2D eigenvalue weighted by atomic mass is 32.2. The fourth-order valence-electron chi connectivity index (χ4n) is 3.77. The van der Waals surface area contributed by atoms with Crippen molar-refractivity contribution in [3.05, 3.63) is 48.0 Å². The van der Waals surface area contributed by atoms with Gasteiger partial charge in [-0.1, -0.05) is 31.0 Å². The third kappa shape index (κ3) is 4.72. The van der Waals surface area contributed by atoms with Crippen LogP contribution in [0.1, 0.15) is 31.2 Å². The van der Waals surface area contributed by atoms with Crippen molar-refractivity contribution >= 4 is 45.0 Å². The van der Waals surface area contributed by atoms with Crippen LogP contribution in [0.5, 0.6) is 0 Å². The molecule has 4 rings (SSSR count). The summed E-state index contributed by atoms with van der Waals surface area (Å²) in [5.41, 5.74) is 1.71. The van der Waals surface area contributed by atoms with Crippen molar-refractivity contribution in [3.63, 3.8) is 0 Å². The average Bonchev–Trinajstić information content (AvgIpc) is 3.03. The van der Waals surface area contributed by atoms with Gasteiger partial charge in [0.15, 0.2) is 5.25 Å². The van der Waals surface area contributed by atoms with Crippen molar-refractivity contribution in [1.82, 2.24) is 4.90 Å². The number of nitrogens with zero attached hydrogens (tertiary/aromatic N) is 1. The molecular weight excluding hydrogens is 434 g/mol. The lowest BCUT2D eigenvalue weighted by atomic mass is 10.2. The van der Waals surface area contributed by atoms with Crippen LogP contribution in [0.4, 0.5) is 11.4 Å². The highest BCUT2D eigenvalue weighted by molar-refractivity contribution is 8.01. The maximum atomic E-state index is 12.9. The number of nitrogens with one attached hydrogen (secondary N) is 2. The summed E-state index contributed by atoms with van der Waals surface area (Å²) in [5.74, 6) is -0.582. The van der Waals surface area contributed by atoms with Gasteiger partial charge in [0.25, 0.3) is 10.0 Å². The fraction of sp³-hybridized carbons (Fsp3) is 0.364. The Morgan fingerprint density at radius 3 is 2.52 bits per heavy atom. The van der Waals surface area contributed by atoms with E-state index in [1.807, 2.05) is 19.1 Å². The molecule has 1 fully saturated rings. The van der Waals surface area contributed by atoms with Crippen molar-refractivity contribution < 1.29 is 18.0 Å². The Bertz CT molecular complexity index is 1110.